The van der Waals surface area contributed by atoms with Crippen molar-refractivity contribution in [3.63, 3.8) is 0 Å². The Bertz CT molecular complexity index is 184. The number of rotatable bonds is 2. The summed E-state index contributed by atoms with van der Waals surface area (Å²) in [5, 5.41) is 9.54. The van der Waals surface area contributed by atoms with E-state index in [1.807, 2.05) is 6.92 Å². The van der Waals surface area contributed by atoms with E-state index in [9.17, 15) is 9.90 Å². The van der Waals surface area contributed by atoms with Gasteiger partial charge in [0.15, 0.2) is 0 Å². The Morgan fingerprint density at radius 3 is 2.92 bits per heavy atom. The third kappa shape index (κ3) is 2.18. The van der Waals surface area contributed by atoms with E-state index >= 15 is 0 Å². The lowest BCUT2D eigenvalue weighted by molar-refractivity contribution is -0.127. The number of ketones is 1. The SMILES string of the molecule is C/C=C/[C@@H](O)[C@H]1CCCCC1=O. The summed E-state index contributed by atoms with van der Waals surface area (Å²) >= 11 is 0. The van der Waals surface area contributed by atoms with Gasteiger partial charge in [-0.3, -0.25) is 4.79 Å². The van der Waals surface area contributed by atoms with E-state index in [-0.39, 0.29) is 11.7 Å². The summed E-state index contributed by atoms with van der Waals surface area (Å²) in [6.45, 7) is 1.86. The van der Waals surface area contributed by atoms with Gasteiger partial charge < -0.3 is 5.11 Å². The summed E-state index contributed by atoms with van der Waals surface area (Å²) in [7, 11) is 0. The van der Waals surface area contributed by atoms with E-state index in [1.165, 1.54) is 0 Å². The number of carbonyl (C=O) groups is 1. The van der Waals surface area contributed by atoms with Crippen LogP contribution in [0.3, 0.4) is 0 Å². The van der Waals surface area contributed by atoms with Crippen LogP contribution in [0, 0.1) is 5.92 Å². The molecule has 1 saturated carbocycles. The van der Waals surface area contributed by atoms with Crippen molar-refractivity contribution >= 4 is 5.78 Å². The van der Waals surface area contributed by atoms with Crippen molar-refractivity contribution in [2.45, 2.75) is 38.7 Å². The van der Waals surface area contributed by atoms with E-state index in [1.54, 1.807) is 12.2 Å². The molecule has 2 nitrogen and oxygen atoms in total. The van der Waals surface area contributed by atoms with Crippen LogP contribution in [0.2, 0.25) is 0 Å². The summed E-state index contributed by atoms with van der Waals surface area (Å²) in [5.41, 5.74) is 0. The maximum Gasteiger partial charge on any atom is 0.138 e. The predicted molar refractivity (Wildman–Crippen MR) is 47.8 cm³/mol. The quantitative estimate of drug-likeness (QED) is 0.637. The van der Waals surface area contributed by atoms with Gasteiger partial charge >= 0.3 is 0 Å². The molecule has 0 spiro atoms. The fourth-order valence-electron chi connectivity index (χ4n) is 1.70. The molecule has 0 bridgehead atoms. The van der Waals surface area contributed by atoms with E-state index in [2.05, 4.69) is 0 Å². The molecule has 68 valence electrons. The molecule has 1 rings (SSSR count). The van der Waals surface area contributed by atoms with Gasteiger partial charge in [0.1, 0.15) is 5.78 Å². The topological polar surface area (TPSA) is 37.3 Å². The molecule has 0 saturated heterocycles. The lowest BCUT2D eigenvalue weighted by Crippen LogP contribution is -2.29. The summed E-state index contributed by atoms with van der Waals surface area (Å²) < 4.78 is 0. The molecule has 0 aromatic rings. The van der Waals surface area contributed by atoms with Crippen LogP contribution >= 0.6 is 0 Å². The van der Waals surface area contributed by atoms with Crippen LogP contribution in [-0.2, 0) is 4.79 Å². The highest BCUT2D eigenvalue weighted by atomic mass is 16.3. The first-order valence-electron chi connectivity index (χ1n) is 4.59. The lowest BCUT2D eigenvalue weighted by Gasteiger charge is -2.23. The van der Waals surface area contributed by atoms with E-state index in [0.29, 0.717) is 6.42 Å². The molecule has 0 heterocycles. The summed E-state index contributed by atoms with van der Waals surface area (Å²) in [5.74, 6) is 0.0989. The van der Waals surface area contributed by atoms with Gasteiger partial charge in [0, 0.05) is 12.3 Å². The van der Waals surface area contributed by atoms with Crippen LogP contribution in [0.5, 0.6) is 0 Å². The van der Waals surface area contributed by atoms with Gasteiger partial charge in [-0.05, 0) is 19.8 Å². The number of hydrogen-bond acceptors (Lipinski definition) is 2. The van der Waals surface area contributed by atoms with E-state index < -0.39 is 6.10 Å². The van der Waals surface area contributed by atoms with Crippen LogP contribution in [0.25, 0.3) is 0 Å². The first kappa shape index (κ1) is 9.46. The molecule has 0 aromatic carbocycles. The largest absolute Gasteiger partial charge is 0.388 e. The van der Waals surface area contributed by atoms with E-state index in [4.69, 9.17) is 0 Å². The third-order valence-electron chi connectivity index (χ3n) is 2.40. The van der Waals surface area contributed by atoms with Gasteiger partial charge in [0.2, 0.25) is 0 Å². The van der Waals surface area contributed by atoms with Crippen molar-refractivity contribution in [3.8, 4) is 0 Å². The van der Waals surface area contributed by atoms with Crippen molar-refractivity contribution in [3.05, 3.63) is 12.2 Å². The third-order valence-corrected chi connectivity index (χ3v) is 2.40. The second-order valence-corrected chi connectivity index (χ2v) is 3.33. The standard InChI is InChI=1S/C10H16O2/c1-2-5-9(11)8-6-3-4-7-10(8)12/h2,5,8-9,11H,3-4,6-7H2,1H3/b5-2+/t8-,9-/m1/s1. The van der Waals surface area contributed by atoms with Gasteiger partial charge in [-0.25, -0.2) is 0 Å². The van der Waals surface area contributed by atoms with Crippen LogP contribution in [-0.4, -0.2) is 17.0 Å². The minimum Gasteiger partial charge on any atom is -0.388 e. The first-order valence-corrected chi connectivity index (χ1v) is 4.59. The lowest BCUT2D eigenvalue weighted by atomic mass is 9.84. The normalized spacial score (nSPS) is 27.8. The molecule has 2 atom stereocenters. The summed E-state index contributed by atoms with van der Waals surface area (Å²) in [6.07, 6.45) is 6.52. The van der Waals surface area contributed by atoms with Crippen molar-refractivity contribution in [2.75, 3.05) is 0 Å². The Morgan fingerprint density at radius 1 is 1.58 bits per heavy atom. The molecule has 1 fully saturated rings. The summed E-state index contributed by atoms with van der Waals surface area (Å²) in [4.78, 5) is 11.3. The summed E-state index contributed by atoms with van der Waals surface area (Å²) in [6, 6.07) is 0. The van der Waals surface area contributed by atoms with Gasteiger partial charge in [-0.15, -0.1) is 0 Å². The number of Topliss-reactive ketones (excluding diaryl/α,β-unsaturated/α-hetero) is 1. The molecular formula is C10H16O2. The zero-order valence-corrected chi connectivity index (χ0v) is 7.49. The van der Waals surface area contributed by atoms with Crippen molar-refractivity contribution < 1.29 is 9.90 Å². The number of aliphatic hydroxyl groups excluding tert-OH is 1. The fraction of sp³-hybridized carbons (Fsp3) is 0.700. The molecule has 0 amide bonds. The van der Waals surface area contributed by atoms with Gasteiger partial charge in [-0.2, -0.15) is 0 Å². The zero-order valence-electron chi connectivity index (χ0n) is 7.49. The minimum atomic E-state index is -0.553. The highest BCUT2D eigenvalue weighted by Gasteiger charge is 2.26. The molecule has 0 aliphatic heterocycles. The Labute approximate surface area is 73.3 Å². The Hall–Kier alpha value is -0.630. The van der Waals surface area contributed by atoms with Crippen molar-refractivity contribution in [2.24, 2.45) is 5.92 Å². The Kier molecular flexibility index (Phi) is 3.48. The first-order chi connectivity index (χ1) is 5.75. The maximum absolute atomic E-state index is 11.3. The average molecular weight is 168 g/mol. The molecule has 0 radical (unpaired) electrons. The molecule has 1 aliphatic rings. The second-order valence-electron chi connectivity index (χ2n) is 3.33. The van der Waals surface area contributed by atoms with Gasteiger partial charge in [0.25, 0.3) is 0 Å². The number of hydrogen-bond donors (Lipinski definition) is 1. The van der Waals surface area contributed by atoms with Crippen molar-refractivity contribution in [1.29, 1.82) is 0 Å². The highest BCUT2D eigenvalue weighted by Crippen LogP contribution is 2.23. The molecular weight excluding hydrogens is 152 g/mol. The fourth-order valence-corrected chi connectivity index (χ4v) is 1.70. The smallest absolute Gasteiger partial charge is 0.138 e. The molecule has 2 heteroatoms. The molecule has 1 N–H and O–H groups in total. The van der Waals surface area contributed by atoms with Crippen LogP contribution in [0.4, 0.5) is 0 Å². The van der Waals surface area contributed by atoms with E-state index in [0.717, 1.165) is 19.3 Å². The monoisotopic (exact) mass is 168 g/mol. The maximum atomic E-state index is 11.3. The number of carbonyl (C=O) groups excluding carboxylic acids is 1. The molecule has 12 heavy (non-hydrogen) atoms. The predicted octanol–water partition coefficient (Wildman–Crippen LogP) is 1.68. The second kappa shape index (κ2) is 4.41. The zero-order chi connectivity index (χ0) is 8.97. The van der Waals surface area contributed by atoms with Crippen molar-refractivity contribution in [1.82, 2.24) is 0 Å². The van der Waals surface area contributed by atoms with Crippen LogP contribution in [0.1, 0.15) is 32.6 Å². The number of aliphatic hydroxyl groups is 1. The minimum absolute atomic E-state index is 0.130. The average Bonchev–Trinajstić information content (AvgIpc) is 2.05. The highest BCUT2D eigenvalue weighted by molar-refractivity contribution is 5.82. The van der Waals surface area contributed by atoms with Gasteiger partial charge in [0.05, 0.1) is 6.10 Å². The Balaban J connectivity index is 2.53. The molecule has 1 aliphatic carbocycles. The molecule has 0 unspecified atom stereocenters. The molecule has 0 aromatic heterocycles. The van der Waals surface area contributed by atoms with Crippen LogP contribution in [0.15, 0.2) is 12.2 Å². The Morgan fingerprint density at radius 2 is 2.33 bits per heavy atom. The van der Waals surface area contributed by atoms with Crippen LogP contribution < -0.4 is 0 Å². The van der Waals surface area contributed by atoms with Gasteiger partial charge in [-0.1, -0.05) is 18.6 Å². The number of allylic oxidation sites excluding steroid dienone is 1.